The molecule has 0 radical (unpaired) electrons. The van der Waals surface area contributed by atoms with Gasteiger partial charge in [0.25, 0.3) is 0 Å². The predicted octanol–water partition coefficient (Wildman–Crippen LogP) is 2.68. The third-order valence-electron chi connectivity index (χ3n) is 2.25. The van der Waals surface area contributed by atoms with E-state index in [4.69, 9.17) is 12.2 Å². The van der Waals surface area contributed by atoms with Crippen molar-refractivity contribution in [1.82, 2.24) is 9.55 Å². The van der Waals surface area contributed by atoms with Crippen molar-refractivity contribution >= 4 is 23.3 Å². The van der Waals surface area contributed by atoms with Crippen LogP contribution in [0.1, 0.15) is 5.56 Å². The molecule has 0 aliphatic rings. The van der Waals surface area contributed by atoms with Crippen LogP contribution in [0.4, 0.5) is 4.39 Å². The molecule has 4 heteroatoms. The Kier molecular flexibility index (Phi) is 1.73. The van der Waals surface area contributed by atoms with Gasteiger partial charge in [-0.1, -0.05) is 0 Å². The zero-order chi connectivity index (χ0) is 9.59. The Balaban J connectivity index is 3.05. The van der Waals surface area contributed by atoms with E-state index in [1.807, 2.05) is 7.05 Å². The largest absolute Gasteiger partial charge is 0.331 e. The van der Waals surface area contributed by atoms with E-state index in [0.29, 0.717) is 10.3 Å². The molecule has 0 unspecified atom stereocenters. The minimum absolute atomic E-state index is 0.197. The maximum Gasteiger partial charge on any atom is 0.177 e. The molecule has 1 aromatic heterocycles. The van der Waals surface area contributed by atoms with Crippen molar-refractivity contribution < 1.29 is 4.39 Å². The molecule has 13 heavy (non-hydrogen) atoms. The van der Waals surface area contributed by atoms with Crippen LogP contribution in [-0.2, 0) is 7.05 Å². The first-order chi connectivity index (χ1) is 6.11. The summed E-state index contributed by atoms with van der Waals surface area (Å²) in [7, 11) is 1.83. The Morgan fingerprint density at radius 1 is 1.46 bits per heavy atom. The number of aryl methyl sites for hydroxylation is 2. The monoisotopic (exact) mass is 196 g/mol. The number of fused-ring (bicyclic) bond motifs is 1. The summed E-state index contributed by atoms with van der Waals surface area (Å²) in [5, 5.41) is 0. The number of benzene rings is 1. The number of imidazole rings is 1. The second-order valence-electron chi connectivity index (χ2n) is 3.06. The first-order valence-electron chi connectivity index (χ1n) is 3.95. The molecule has 1 N–H and O–H groups in total. The van der Waals surface area contributed by atoms with Gasteiger partial charge in [-0.2, -0.15) is 0 Å². The molecule has 0 fully saturated rings. The van der Waals surface area contributed by atoms with Gasteiger partial charge < -0.3 is 9.55 Å². The highest BCUT2D eigenvalue weighted by atomic mass is 32.1. The zero-order valence-corrected chi connectivity index (χ0v) is 8.20. The summed E-state index contributed by atoms with van der Waals surface area (Å²) in [6.07, 6.45) is 0. The summed E-state index contributed by atoms with van der Waals surface area (Å²) in [6.45, 7) is 1.75. The number of nitrogens with one attached hydrogen (secondary N) is 1. The predicted molar refractivity (Wildman–Crippen MR) is 52.8 cm³/mol. The van der Waals surface area contributed by atoms with Gasteiger partial charge in [-0.3, -0.25) is 0 Å². The van der Waals surface area contributed by atoms with E-state index >= 15 is 0 Å². The highest BCUT2D eigenvalue weighted by Gasteiger charge is 2.07. The molecule has 1 aromatic carbocycles. The number of aromatic amines is 1. The molecule has 1 heterocycles. The van der Waals surface area contributed by atoms with Gasteiger partial charge >= 0.3 is 0 Å². The van der Waals surface area contributed by atoms with Crippen LogP contribution in [0, 0.1) is 17.5 Å². The maximum absolute atomic E-state index is 13.2. The first-order valence-corrected chi connectivity index (χ1v) is 4.36. The van der Waals surface area contributed by atoms with E-state index < -0.39 is 0 Å². The lowest BCUT2D eigenvalue weighted by atomic mass is 10.2. The minimum atomic E-state index is -0.197. The van der Waals surface area contributed by atoms with Gasteiger partial charge in [0.2, 0.25) is 0 Å². The number of H-pyrrole nitrogens is 1. The molecular weight excluding hydrogens is 187 g/mol. The molecule has 0 saturated heterocycles. The lowest BCUT2D eigenvalue weighted by Gasteiger charge is -2.00. The van der Waals surface area contributed by atoms with Gasteiger partial charge in [0, 0.05) is 12.6 Å². The Morgan fingerprint density at radius 2 is 2.15 bits per heavy atom. The molecule has 0 aliphatic carbocycles. The van der Waals surface area contributed by atoms with E-state index in [1.165, 1.54) is 6.07 Å². The van der Waals surface area contributed by atoms with E-state index in [-0.39, 0.29) is 5.82 Å². The SMILES string of the molecule is Cc1c(F)ccc2[nH]c(=S)n(C)c12. The number of halogens is 1. The number of nitrogens with zero attached hydrogens (tertiary/aromatic N) is 1. The molecule has 0 atom stereocenters. The lowest BCUT2D eigenvalue weighted by molar-refractivity contribution is 0.620. The maximum atomic E-state index is 13.2. The van der Waals surface area contributed by atoms with Crippen molar-refractivity contribution in [2.75, 3.05) is 0 Å². The summed E-state index contributed by atoms with van der Waals surface area (Å²) >= 11 is 5.04. The molecular formula is C9H9FN2S. The normalized spacial score (nSPS) is 11.0. The summed E-state index contributed by atoms with van der Waals surface area (Å²) in [4.78, 5) is 3.01. The van der Waals surface area contributed by atoms with Crippen LogP contribution in [0.3, 0.4) is 0 Å². The standard InChI is InChI=1S/C9H9FN2S/c1-5-6(10)3-4-7-8(5)12(2)9(13)11-7/h3-4H,1-2H3,(H,11,13). The van der Waals surface area contributed by atoms with Gasteiger partial charge in [-0.05, 0) is 31.3 Å². The molecule has 0 spiro atoms. The Morgan fingerprint density at radius 3 is 2.85 bits per heavy atom. The van der Waals surface area contributed by atoms with E-state index in [2.05, 4.69) is 4.98 Å². The average molecular weight is 196 g/mol. The molecule has 0 bridgehead atoms. The lowest BCUT2D eigenvalue weighted by Crippen LogP contribution is -1.91. The first kappa shape index (κ1) is 8.44. The number of rotatable bonds is 0. The van der Waals surface area contributed by atoms with Crippen molar-refractivity contribution in [2.24, 2.45) is 7.05 Å². The molecule has 68 valence electrons. The van der Waals surface area contributed by atoms with Crippen molar-refractivity contribution in [1.29, 1.82) is 0 Å². The molecule has 2 nitrogen and oxygen atoms in total. The van der Waals surface area contributed by atoms with Crippen molar-refractivity contribution in [3.8, 4) is 0 Å². The highest BCUT2D eigenvalue weighted by molar-refractivity contribution is 7.71. The molecule has 2 rings (SSSR count). The third kappa shape index (κ3) is 1.09. The Bertz CT molecular complexity index is 524. The summed E-state index contributed by atoms with van der Waals surface area (Å²) in [5.74, 6) is -0.197. The summed E-state index contributed by atoms with van der Waals surface area (Å²) in [5.41, 5.74) is 2.35. The van der Waals surface area contributed by atoms with Crippen LogP contribution < -0.4 is 0 Å². The van der Waals surface area contributed by atoms with Gasteiger partial charge in [-0.25, -0.2) is 4.39 Å². The fourth-order valence-corrected chi connectivity index (χ4v) is 1.71. The Labute approximate surface area is 80.0 Å². The van der Waals surface area contributed by atoms with Crippen LogP contribution in [0.5, 0.6) is 0 Å². The van der Waals surface area contributed by atoms with E-state index in [0.717, 1.165) is 11.0 Å². The fraction of sp³-hybridized carbons (Fsp3) is 0.222. The van der Waals surface area contributed by atoms with Crippen LogP contribution in [-0.4, -0.2) is 9.55 Å². The van der Waals surface area contributed by atoms with Crippen molar-refractivity contribution in [3.63, 3.8) is 0 Å². The van der Waals surface area contributed by atoms with Gasteiger partial charge in [0.05, 0.1) is 11.0 Å². The van der Waals surface area contributed by atoms with Crippen molar-refractivity contribution in [3.05, 3.63) is 28.3 Å². The minimum Gasteiger partial charge on any atom is -0.331 e. The van der Waals surface area contributed by atoms with Crippen molar-refractivity contribution in [2.45, 2.75) is 6.92 Å². The highest BCUT2D eigenvalue weighted by Crippen LogP contribution is 2.19. The number of hydrogen-bond acceptors (Lipinski definition) is 1. The zero-order valence-electron chi connectivity index (χ0n) is 7.39. The topological polar surface area (TPSA) is 20.7 Å². The smallest absolute Gasteiger partial charge is 0.177 e. The van der Waals surface area contributed by atoms with Gasteiger partial charge in [0.1, 0.15) is 5.82 Å². The van der Waals surface area contributed by atoms with E-state index in [9.17, 15) is 4.39 Å². The molecule has 0 amide bonds. The van der Waals surface area contributed by atoms with Crippen LogP contribution in [0.25, 0.3) is 11.0 Å². The second-order valence-corrected chi connectivity index (χ2v) is 3.44. The van der Waals surface area contributed by atoms with Crippen LogP contribution in [0.15, 0.2) is 12.1 Å². The number of hydrogen-bond donors (Lipinski definition) is 1. The van der Waals surface area contributed by atoms with E-state index in [1.54, 1.807) is 17.6 Å². The molecule has 0 saturated carbocycles. The van der Waals surface area contributed by atoms with Gasteiger partial charge in [0.15, 0.2) is 4.77 Å². The average Bonchev–Trinajstić information content (AvgIpc) is 2.37. The fourth-order valence-electron chi connectivity index (χ4n) is 1.51. The molecule has 0 aliphatic heterocycles. The summed E-state index contributed by atoms with van der Waals surface area (Å²) in [6, 6.07) is 3.15. The molecule has 2 aromatic rings. The summed E-state index contributed by atoms with van der Waals surface area (Å²) < 4.78 is 15.6. The second kappa shape index (κ2) is 2.67. The third-order valence-corrected chi connectivity index (χ3v) is 2.62. The van der Waals surface area contributed by atoms with Crippen LogP contribution >= 0.6 is 12.2 Å². The number of aromatic nitrogens is 2. The Hall–Kier alpha value is -1.16. The van der Waals surface area contributed by atoms with Crippen LogP contribution in [0.2, 0.25) is 0 Å². The van der Waals surface area contributed by atoms with Gasteiger partial charge in [-0.15, -0.1) is 0 Å². The quantitative estimate of drug-likeness (QED) is 0.642.